The molecule has 0 atom stereocenters. The number of aryl methyl sites for hydroxylation is 2. The zero-order valence-corrected chi connectivity index (χ0v) is 12.4. The van der Waals surface area contributed by atoms with E-state index < -0.39 is 0 Å². The molecule has 0 amide bonds. The number of furan rings is 1. The van der Waals surface area contributed by atoms with Crippen LogP contribution in [-0.2, 0) is 11.2 Å². The highest BCUT2D eigenvalue weighted by molar-refractivity contribution is 5.52. The molecule has 0 aliphatic heterocycles. The molecule has 0 spiro atoms. The molecular formula is C17H20O3. The lowest BCUT2D eigenvalue weighted by Gasteiger charge is -2.12. The normalized spacial score (nSPS) is 10.4. The maximum atomic E-state index is 5.74. The highest BCUT2D eigenvalue weighted by atomic mass is 16.5. The summed E-state index contributed by atoms with van der Waals surface area (Å²) in [5, 5.41) is 0. The Labute approximate surface area is 119 Å². The lowest BCUT2D eigenvalue weighted by atomic mass is 10.0. The van der Waals surface area contributed by atoms with Crippen LogP contribution in [0.5, 0.6) is 5.75 Å². The van der Waals surface area contributed by atoms with Gasteiger partial charge in [0.25, 0.3) is 0 Å². The van der Waals surface area contributed by atoms with E-state index in [0.29, 0.717) is 17.9 Å². The quantitative estimate of drug-likeness (QED) is 0.767. The largest absolute Gasteiger partial charge is 0.496 e. The number of rotatable bonds is 5. The third kappa shape index (κ3) is 2.87. The second-order valence-electron chi connectivity index (χ2n) is 4.83. The standard InChI is InChI=1S/C17H20O3/c1-11-8-12(2)15(17(9-11)19-5)10-14-6-7-16(20-14)13(3)18-4/h6-9H,3,10H2,1-2,4-5H3. The topological polar surface area (TPSA) is 31.6 Å². The molecule has 106 valence electrons. The minimum Gasteiger partial charge on any atom is -0.496 e. The Morgan fingerprint density at radius 3 is 2.60 bits per heavy atom. The average molecular weight is 272 g/mol. The SMILES string of the molecule is C=C(OC)c1ccc(Cc2c(C)cc(C)cc2OC)o1. The molecule has 1 aromatic carbocycles. The van der Waals surface area contributed by atoms with Crippen LogP contribution in [-0.4, -0.2) is 14.2 Å². The van der Waals surface area contributed by atoms with E-state index in [1.165, 1.54) is 11.1 Å². The second kappa shape index (κ2) is 5.87. The van der Waals surface area contributed by atoms with Gasteiger partial charge in [0.05, 0.1) is 14.2 Å². The summed E-state index contributed by atoms with van der Waals surface area (Å²) in [6.45, 7) is 7.93. The number of ether oxygens (including phenoxy) is 2. The number of benzene rings is 1. The van der Waals surface area contributed by atoms with Crippen LogP contribution in [0.3, 0.4) is 0 Å². The van der Waals surface area contributed by atoms with Crippen LogP contribution in [0.15, 0.2) is 35.3 Å². The van der Waals surface area contributed by atoms with E-state index in [0.717, 1.165) is 17.1 Å². The van der Waals surface area contributed by atoms with Crippen LogP contribution in [0, 0.1) is 13.8 Å². The van der Waals surface area contributed by atoms with Gasteiger partial charge in [0.1, 0.15) is 11.5 Å². The van der Waals surface area contributed by atoms with Gasteiger partial charge >= 0.3 is 0 Å². The van der Waals surface area contributed by atoms with Crippen molar-refractivity contribution < 1.29 is 13.9 Å². The van der Waals surface area contributed by atoms with E-state index in [-0.39, 0.29) is 0 Å². The van der Waals surface area contributed by atoms with Crippen LogP contribution >= 0.6 is 0 Å². The molecule has 0 saturated heterocycles. The number of methoxy groups -OCH3 is 2. The summed E-state index contributed by atoms with van der Waals surface area (Å²) in [4.78, 5) is 0. The van der Waals surface area contributed by atoms with Crippen molar-refractivity contribution in [3.63, 3.8) is 0 Å². The van der Waals surface area contributed by atoms with Crippen molar-refractivity contribution in [2.24, 2.45) is 0 Å². The van der Waals surface area contributed by atoms with Crippen LogP contribution < -0.4 is 4.74 Å². The van der Waals surface area contributed by atoms with Gasteiger partial charge in [-0.15, -0.1) is 0 Å². The molecule has 0 aliphatic rings. The number of hydrogen-bond donors (Lipinski definition) is 0. The Bertz CT molecular complexity index is 623. The third-order valence-corrected chi connectivity index (χ3v) is 3.33. The van der Waals surface area contributed by atoms with E-state index in [2.05, 4.69) is 26.5 Å². The van der Waals surface area contributed by atoms with Crippen molar-refractivity contribution in [1.29, 1.82) is 0 Å². The van der Waals surface area contributed by atoms with E-state index in [4.69, 9.17) is 13.9 Å². The number of hydrogen-bond acceptors (Lipinski definition) is 3. The summed E-state index contributed by atoms with van der Waals surface area (Å²) >= 11 is 0. The molecule has 20 heavy (non-hydrogen) atoms. The Morgan fingerprint density at radius 2 is 1.95 bits per heavy atom. The van der Waals surface area contributed by atoms with E-state index in [1.807, 2.05) is 18.2 Å². The first-order valence-corrected chi connectivity index (χ1v) is 6.51. The molecular weight excluding hydrogens is 252 g/mol. The summed E-state index contributed by atoms with van der Waals surface area (Å²) in [7, 11) is 3.27. The van der Waals surface area contributed by atoms with Crippen molar-refractivity contribution in [3.05, 3.63) is 59.1 Å². The lowest BCUT2D eigenvalue weighted by Crippen LogP contribution is -1.97. The van der Waals surface area contributed by atoms with Gasteiger partial charge in [-0.3, -0.25) is 0 Å². The Balaban J connectivity index is 2.30. The molecule has 0 saturated carbocycles. The molecule has 1 heterocycles. The Kier molecular flexibility index (Phi) is 4.18. The fraction of sp³-hybridized carbons (Fsp3) is 0.294. The lowest BCUT2D eigenvalue weighted by molar-refractivity contribution is 0.350. The molecule has 2 aromatic rings. The van der Waals surface area contributed by atoms with E-state index >= 15 is 0 Å². The predicted octanol–water partition coefficient (Wildman–Crippen LogP) is 4.11. The molecule has 0 fully saturated rings. The van der Waals surface area contributed by atoms with Crippen LogP contribution in [0.2, 0.25) is 0 Å². The molecule has 0 N–H and O–H groups in total. The minimum absolute atomic E-state index is 0.531. The van der Waals surface area contributed by atoms with Crippen LogP contribution in [0.4, 0.5) is 0 Å². The first-order chi connectivity index (χ1) is 9.55. The highest BCUT2D eigenvalue weighted by Crippen LogP contribution is 2.28. The van der Waals surface area contributed by atoms with Gasteiger partial charge < -0.3 is 13.9 Å². The summed E-state index contributed by atoms with van der Waals surface area (Å²) < 4.78 is 16.3. The third-order valence-electron chi connectivity index (χ3n) is 3.33. The fourth-order valence-electron chi connectivity index (χ4n) is 2.26. The van der Waals surface area contributed by atoms with Gasteiger partial charge in [-0.2, -0.15) is 0 Å². The van der Waals surface area contributed by atoms with Crippen molar-refractivity contribution in [2.75, 3.05) is 14.2 Å². The summed E-state index contributed by atoms with van der Waals surface area (Å²) in [5.74, 6) is 2.95. The predicted molar refractivity (Wildman–Crippen MR) is 80.0 cm³/mol. The highest BCUT2D eigenvalue weighted by Gasteiger charge is 2.12. The summed E-state index contributed by atoms with van der Waals surface area (Å²) in [6, 6.07) is 8.01. The molecule has 0 aliphatic carbocycles. The van der Waals surface area contributed by atoms with Gasteiger partial charge in [0.15, 0.2) is 11.5 Å². The smallest absolute Gasteiger partial charge is 0.168 e. The van der Waals surface area contributed by atoms with Crippen molar-refractivity contribution in [1.82, 2.24) is 0 Å². The average Bonchev–Trinajstić information content (AvgIpc) is 2.89. The first kappa shape index (κ1) is 14.3. The second-order valence-corrected chi connectivity index (χ2v) is 4.83. The Hall–Kier alpha value is -2.16. The maximum absolute atomic E-state index is 5.74. The molecule has 3 nitrogen and oxygen atoms in total. The van der Waals surface area contributed by atoms with Gasteiger partial charge in [0.2, 0.25) is 0 Å². The van der Waals surface area contributed by atoms with Gasteiger partial charge in [-0.1, -0.05) is 12.6 Å². The molecule has 0 unspecified atom stereocenters. The van der Waals surface area contributed by atoms with Gasteiger partial charge in [-0.25, -0.2) is 0 Å². The van der Waals surface area contributed by atoms with Gasteiger partial charge in [-0.05, 0) is 43.2 Å². The van der Waals surface area contributed by atoms with Crippen LogP contribution in [0.25, 0.3) is 5.76 Å². The van der Waals surface area contributed by atoms with Crippen molar-refractivity contribution in [3.8, 4) is 5.75 Å². The van der Waals surface area contributed by atoms with E-state index in [1.54, 1.807) is 14.2 Å². The fourth-order valence-corrected chi connectivity index (χ4v) is 2.26. The van der Waals surface area contributed by atoms with Gasteiger partial charge in [0, 0.05) is 12.0 Å². The summed E-state index contributed by atoms with van der Waals surface area (Å²) in [5.41, 5.74) is 3.53. The molecule has 3 heteroatoms. The van der Waals surface area contributed by atoms with Crippen molar-refractivity contribution >= 4 is 5.76 Å². The first-order valence-electron chi connectivity index (χ1n) is 6.51. The minimum atomic E-state index is 0.531. The molecule has 2 rings (SSSR count). The molecule has 0 bridgehead atoms. The van der Waals surface area contributed by atoms with Crippen molar-refractivity contribution in [2.45, 2.75) is 20.3 Å². The monoisotopic (exact) mass is 272 g/mol. The zero-order chi connectivity index (χ0) is 14.7. The van der Waals surface area contributed by atoms with E-state index in [9.17, 15) is 0 Å². The molecule has 1 aromatic heterocycles. The molecule has 0 radical (unpaired) electrons. The summed E-state index contributed by atoms with van der Waals surface area (Å²) in [6.07, 6.45) is 0.687. The zero-order valence-electron chi connectivity index (χ0n) is 12.4. The Morgan fingerprint density at radius 1 is 1.20 bits per heavy atom. The van der Waals surface area contributed by atoms with Crippen LogP contribution in [0.1, 0.15) is 28.2 Å². The maximum Gasteiger partial charge on any atom is 0.168 e.